The van der Waals surface area contributed by atoms with E-state index < -0.39 is 31.0 Å². The van der Waals surface area contributed by atoms with Gasteiger partial charge in [0.05, 0.1) is 0 Å². The molecule has 118 valence electrons. The van der Waals surface area contributed by atoms with Crippen molar-refractivity contribution in [2.24, 2.45) is 0 Å². The Morgan fingerprint density at radius 2 is 1.86 bits per heavy atom. The molecule has 2 amide bonds. The molecule has 0 aliphatic heterocycles. The van der Waals surface area contributed by atoms with E-state index in [9.17, 15) is 23.2 Å². The summed E-state index contributed by atoms with van der Waals surface area (Å²) in [6.07, 6.45) is 2.56. The third kappa shape index (κ3) is 6.12. The Labute approximate surface area is 124 Å². The van der Waals surface area contributed by atoms with Crippen molar-refractivity contribution < 1.29 is 32.6 Å². The molecule has 0 fully saturated rings. The molecule has 0 aromatic heterocycles. The summed E-state index contributed by atoms with van der Waals surface area (Å²) >= 11 is 0. The SMILES string of the molecule is C/C=C/C(=O)OCC(=O)NC(=O)c1ccc(OC(F)F)cc1. The van der Waals surface area contributed by atoms with Gasteiger partial charge in [0.1, 0.15) is 5.75 Å². The number of halogens is 2. The molecule has 0 saturated carbocycles. The molecular weight excluding hydrogens is 300 g/mol. The third-order valence-electron chi connectivity index (χ3n) is 2.24. The van der Waals surface area contributed by atoms with Crippen molar-refractivity contribution in [2.45, 2.75) is 13.5 Å². The predicted molar refractivity (Wildman–Crippen MR) is 71.3 cm³/mol. The highest BCUT2D eigenvalue weighted by atomic mass is 19.3. The number of carbonyl (C=O) groups is 3. The lowest BCUT2D eigenvalue weighted by Crippen LogP contribution is -2.34. The highest BCUT2D eigenvalue weighted by Gasteiger charge is 2.12. The van der Waals surface area contributed by atoms with E-state index in [4.69, 9.17) is 0 Å². The van der Waals surface area contributed by atoms with Gasteiger partial charge in [0.25, 0.3) is 11.8 Å². The summed E-state index contributed by atoms with van der Waals surface area (Å²) < 4.78 is 32.6. The van der Waals surface area contributed by atoms with Gasteiger partial charge in [-0.2, -0.15) is 8.78 Å². The second-order valence-electron chi connectivity index (χ2n) is 3.89. The van der Waals surface area contributed by atoms with Gasteiger partial charge in [0, 0.05) is 11.6 Å². The van der Waals surface area contributed by atoms with Crippen LogP contribution in [0.1, 0.15) is 17.3 Å². The molecule has 6 nitrogen and oxygen atoms in total. The summed E-state index contributed by atoms with van der Waals surface area (Å²) in [5, 5.41) is 1.99. The predicted octanol–water partition coefficient (Wildman–Crippen LogP) is 1.66. The molecule has 0 aliphatic rings. The Bertz CT molecular complexity index is 569. The van der Waals surface area contributed by atoms with E-state index in [1.807, 2.05) is 5.32 Å². The molecule has 0 atom stereocenters. The highest BCUT2D eigenvalue weighted by molar-refractivity contribution is 6.05. The first-order valence-electron chi connectivity index (χ1n) is 6.11. The van der Waals surface area contributed by atoms with Crippen LogP contribution in [0.15, 0.2) is 36.4 Å². The molecule has 1 N–H and O–H groups in total. The van der Waals surface area contributed by atoms with Crippen molar-refractivity contribution in [3.05, 3.63) is 42.0 Å². The summed E-state index contributed by atoms with van der Waals surface area (Å²) in [4.78, 5) is 34.1. The van der Waals surface area contributed by atoms with E-state index in [0.29, 0.717) is 0 Å². The maximum absolute atomic E-state index is 12.0. The van der Waals surface area contributed by atoms with Crippen molar-refractivity contribution in [3.63, 3.8) is 0 Å². The lowest BCUT2D eigenvalue weighted by atomic mass is 10.2. The zero-order valence-electron chi connectivity index (χ0n) is 11.5. The summed E-state index contributed by atoms with van der Waals surface area (Å²) in [5.41, 5.74) is 0.0646. The van der Waals surface area contributed by atoms with E-state index in [1.54, 1.807) is 6.92 Å². The number of imide groups is 1. The van der Waals surface area contributed by atoms with Gasteiger partial charge in [-0.25, -0.2) is 4.79 Å². The van der Waals surface area contributed by atoms with Gasteiger partial charge in [-0.3, -0.25) is 14.9 Å². The number of hydrogen-bond donors (Lipinski definition) is 1. The first-order valence-corrected chi connectivity index (χ1v) is 6.11. The van der Waals surface area contributed by atoms with Crippen LogP contribution in [0, 0.1) is 0 Å². The average molecular weight is 313 g/mol. The fraction of sp³-hybridized carbons (Fsp3) is 0.214. The third-order valence-corrected chi connectivity index (χ3v) is 2.24. The van der Waals surface area contributed by atoms with E-state index in [2.05, 4.69) is 9.47 Å². The molecule has 22 heavy (non-hydrogen) atoms. The van der Waals surface area contributed by atoms with Gasteiger partial charge < -0.3 is 9.47 Å². The van der Waals surface area contributed by atoms with Crippen LogP contribution in [0.25, 0.3) is 0 Å². The molecule has 1 aromatic rings. The van der Waals surface area contributed by atoms with Gasteiger partial charge in [-0.1, -0.05) is 6.08 Å². The monoisotopic (exact) mass is 313 g/mol. The number of hydrogen-bond acceptors (Lipinski definition) is 5. The number of amides is 2. The lowest BCUT2D eigenvalue weighted by molar-refractivity contribution is -0.143. The maximum Gasteiger partial charge on any atom is 0.387 e. The number of benzene rings is 1. The van der Waals surface area contributed by atoms with Crippen molar-refractivity contribution in [1.82, 2.24) is 5.32 Å². The fourth-order valence-corrected chi connectivity index (χ4v) is 1.34. The summed E-state index contributed by atoms with van der Waals surface area (Å²) in [6, 6.07) is 4.76. The Morgan fingerprint density at radius 1 is 1.23 bits per heavy atom. The van der Waals surface area contributed by atoms with Crippen LogP contribution < -0.4 is 10.1 Å². The zero-order chi connectivity index (χ0) is 16.5. The maximum atomic E-state index is 12.0. The summed E-state index contributed by atoms with van der Waals surface area (Å²) in [7, 11) is 0. The zero-order valence-corrected chi connectivity index (χ0v) is 11.5. The molecule has 0 aliphatic carbocycles. The Kier molecular flexibility index (Phi) is 6.68. The second-order valence-corrected chi connectivity index (χ2v) is 3.89. The molecule has 0 unspecified atom stereocenters. The van der Waals surface area contributed by atoms with Gasteiger partial charge >= 0.3 is 12.6 Å². The smallest absolute Gasteiger partial charge is 0.387 e. The number of alkyl halides is 2. The Morgan fingerprint density at radius 3 is 2.41 bits per heavy atom. The average Bonchev–Trinajstić information content (AvgIpc) is 2.45. The van der Waals surface area contributed by atoms with E-state index in [1.165, 1.54) is 18.2 Å². The van der Waals surface area contributed by atoms with E-state index >= 15 is 0 Å². The van der Waals surface area contributed by atoms with Crippen molar-refractivity contribution in [2.75, 3.05) is 6.61 Å². The van der Waals surface area contributed by atoms with Crippen LogP contribution in [-0.2, 0) is 14.3 Å². The molecule has 0 radical (unpaired) electrons. The van der Waals surface area contributed by atoms with Crippen LogP contribution >= 0.6 is 0 Å². The Balaban J connectivity index is 2.50. The van der Waals surface area contributed by atoms with Crippen molar-refractivity contribution in [1.29, 1.82) is 0 Å². The topological polar surface area (TPSA) is 81.7 Å². The molecule has 8 heteroatoms. The van der Waals surface area contributed by atoms with Crippen LogP contribution in [0.5, 0.6) is 5.75 Å². The molecule has 0 bridgehead atoms. The van der Waals surface area contributed by atoms with Crippen LogP contribution in [0.2, 0.25) is 0 Å². The van der Waals surface area contributed by atoms with Gasteiger partial charge in [-0.05, 0) is 31.2 Å². The molecule has 0 heterocycles. The molecule has 0 spiro atoms. The number of nitrogens with one attached hydrogen (secondary N) is 1. The fourth-order valence-electron chi connectivity index (χ4n) is 1.34. The normalized spacial score (nSPS) is 10.5. The largest absolute Gasteiger partial charge is 0.452 e. The summed E-state index contributed by atoms with van der Waals surface area (Å²) in [6.45, 7) is -1.97. The minimum Gasteiger partial charge on any atom is -0.452 e. The number of allylic oxidation sites excluding steroid dienone is 1. The van der Waals surface area contributed by atoms with Crippen molar-refractivity contribution >= 4 is 17.8 Å². The van der Waals surface area contributed by atoms with Crippen molar-refractivity contribution in [3.8, 4) is 5.75 Å². The minimum absolute atomic E-state index is 0.0646. The minimum atomic E-state index is -2.96. The molecule has 1 aromatic carbocycles. The number of esters is 1. The van der Waals surface area contributed by atoms with E-state index in [-0.39, 0.29) is 11.3 Å². The number of rotatable bonds is 6. The first kappa shape index (κ1) is 17.3. The number of carbonyl (C=O) groups excluding carboxylic acids is 3. The second kappa shape index (κ2) is 8.50. The van der Waals surface area contributed by atoms with Crippen LogP contribution in [-0.4, -0.2) is 31.0 Å². The molecule has 0 saturated heterocycles. The van der Waals surface area contributed by atoms with Gasteiger partial charge in [0.15, 0.2) is 6.61 Å². The first-order chi connectivity index (χ1) is 10.4. The van der Waals surface area contributed by atoms with Crippen LogP contribution in [0.4, 0.5) is 8.78 Å². The molecule has 1 rings (SSSR count). The summed E-state index contributed by atoms with van der Waals surface area (Å²) in [5.74, 6) is -2.39. The Hall–Kier alpha value is -2.77. The number of ether oxygens (including phenoxy) is 2. The van der Waals surface area contributed by atoms with Crippen LogP contribution in [0.3, 0.4) is 0 Å². The highest BCUT2D eigenvalue weighted by Crippen LogP contribution is 2.14. The van der Waals surface area contributed by atoms with Gasteiger partial charge in [0.2, 0.25) is 0 Å². The quantitative estimate of drug-likeness (QED) is 0.638. The van der Waals surface area contributed by atoms with E-state index in [0.717, 1.165) is 18.2 Å². The standard InChI is InChI=1S/C14H13F2NO5/c1-2-3-12(19)21-8-11(18)17-13(20)9-4-6-10(7-5-9)22-14(15)16/h2-7,14H,8H2,1H3,(H,17,18,20)/b3-2+. The lowest BCUT2D eigenvalue weighted by Gasteiger charge is -2.06. The molecular formula is C14H13F2NO5. The van der Waals surface area contributed by atoms with Gasteiger partial charge in [-0.15, -0.1) is 0 Å².